The predicted octanol–water partition coefficient (Wildman–Crippen LogP) is 5.00. The zero-order valence-electron chi connectivity index (χ0n) is 14.2. The summed E-state index contributed by atoms with van der Waals surface area (Å²) in [5.41, 5.74) is 4.77. The highest BCUT2D eigenvalue weighted by atomic mass is 35.5. The number of fused-ring (bicyclic) bond motifs is 2. The monoisotopic (exact) mass is 384 g/mol. The second kappa shape index (κ2) is 7.26. The molecule has 0 unspecified atom stereocenters. The Morgan fingerprint density at radius 3 is 2.69 bits per heavy atom. The van der Waals surface area contributed by atoms with Crippen molar-refractivity contribution in [1.29, 1.82) is 0 Å². The zero-order chi connectivity index (χ0) is 18.1. The van der Waals surface area contributed by atoms with Crippen LogP contribution in [-0.4, -0.2) is 17.4 Å². The molecule has 1 aliphatic carbocycles. The number of aryl methyl sites for hydroxylation is 1. The van der Waals surface area contributed by atoms with Gasteiger partial charge in [0.25, 0.3) is 5.91 Å². The third-order valence-electron chi connectivity index (χ3n) is 4.82. The highest BCUT2D eigenvalue weighted by molar-refractivity contribution is 6.36. The van der Waals surface area contributed by atoms with Gasteiger partial charge in [-0.05, 0) is 61.1 Å². The van der Waals surface area contributed by atoms with E-state index in [0.29, 0.717) is 17.1 Å². The van der Waals surface area contributed by atoms with E-state index in [1.165, 1.54) is 5.56 Å². The minimum Gasteiger partial charge on any atom is -0.352 e. The summed E-state index contributed by atoms with van der Waals surface area (Å²) < 4.78 is 0. The van der Waals surface area contributed by atoms with E-state index in [-0.39, 0.29) is 5.91 Å². The van der Waals surface area contributed by atoms with E-state index >= 15 is 0 Å². The number of pyridine rings is 1. The van der Waals surface area contributed by atoms with Crippen LogP contribution in [-0.2, 0) is 19.3 Å². The summed E-state index contributed by atoms with van der Waals surface area (Å²) in [5, 5.41) is 5.39. The molecule has 0 bridgehead atoms. The molecule has 1 N–H and O–H groups in total. The SMILES string of the molecule is O=C(NCCc1ccc(Cl)cc1)c1ccc2c(Cl)c3c(nc2c1)CCC3. The Morgan fingerprint density at radius 2 is 1.88 bits per heavy atom. The summed E-state index contributed by atoms with van der Waals surface area (Å²) in [6.07, 6.45) is 3.80. The van der Waals surface area contributed by atoms with Crippen LogP contribution in [0, 0.1) is 0 Å². The average Bonchev–Trinajstić information content (AvgIpc) is 3.12. The number of amides is 1. The number of nitrogens with zero attached hydrogens (tertiary/aromatic N) is 1. The first kappa shape index (κ1) is 17.3. The molecule has 1 aliphatic rings. The maximum Gasteiger partial charge on any atom is 0.251 e. The van der Waals surface area contributed by atoms with Crippen LogP contribution < -0.4 is 5.32 Å². The topological polar surface area (TPSA) is 42.0 Å². The Kier molecular flexibility index (Phi) is 4.84. The van der Waals surface area contributed by atoms with Crippen molar-refractivity contribution in [3.63, 3.8) is 0 Å². The molecule has 26 heavy (non-hydrogen) atoms. The van der Waals surface area contributed by atoms with E-state index in [1.54, 1.807) is 0 Å². The molecule has 0 spiro atoms. The van der Waals surface area contributed by atoms with Crippen LogP contribution in [0.3, 0.4) is 0 Å². The summed E-state index contributed by atoms with van der Waals surface area (Å²) in [4.78, 5) is 17.2. The highest BCUT2D eigenvalue weighted by Crippen LogP contribution is 2.33. The number of carbonyl (C=O) groups excluding carboxylic acids is 1. The predicted molar refractivity (Wildman–Crippen MR) is 106 cm³/mol. The maximum atomic E-state index is 12.5. The van der Waals surface area contributed by atoms with Gasteiger partial charge in [-0.2, -0.15) is 0 Å². The Balaban J connectivity index is 1.48. The maximum absolute atomic E-state index is 12.5. The lowest BCUT2D eigenvalue weighted by Gasteiger charge is -2.09. The van der Waals surface area contributed by atoms with Gasteiger partial charge in [-0.3, -0.25) is 9.78 Å². The minimum absolute atomic E-state index is 0.0979. The van der Waals surface area contributed by atoms with Crippen LogP contribution in [0.25, 0.3) is 10.9 Å². The number of hydrogen-bond donors (Lipinski definition) is 1. The molecule has 3 aromatic rings. The van der Waals surface area contributed by atoms with E-state index in [4.69, 9.17) is 28.2 Å². The molecule has 3 nitrogen and oxygen atoms in total. The van der Waals surface area contributed by atoms with Crippen molar-refractivity contribution in [3.8, 4) is 0 Å². The van der Waals surface area contributed by atoms with Crippen molar-refractivity contribution in [2.24, 2.45) is 0 Å². The van der Waals surface area contributed by atoms with Crippen molar-refractivity contribution in [1.82, 2.24) is 10.3 Å². The molecular weight excluding hydrogens is 367 g/mol. The lowest BCUT2D eigenvalue weighted by molar-refractivity contribution is 0.0954. The molecule has 0 saturated carbocycles. The number of nitrogens with one attached hydrogen (secondary N) is 1. The molecule has 0 fully saturated rings. The van der Waals surface area contributed by atoms with Gasteiger partial charge in [-0.1, -0.05) is 41.4 Å². The van der Waals surface area contributed by atoms with Gasteiger partial charge >= 0.3 is 0 Å². The van der Waals surface area contributed by atoms with Gasteiger partial charge in [0.05, 0.1) is 10.5 Å². The van der Waals surface area contributed by atoms with Crippen LogP contribution in [0.15, 0.2) is 42.5 Å². The molecule has 1 amide bonds. The van der Waals surface area contributed by atoms with Crippen molar-refractivity contribution in [2.75, 3.05) is 6.54 Å². The molecule has 4 rings (SSSR count). The fourth-order valence-electron chi connectivity index (χ4n) is 3.42. The summed E-state index contributed by atoms with van der Waals surface area (Å²) in [6, 6.07) is 13.2. The first-order chi connectivity index (χ1) is 12.6. The van der Waals surface area contributed by atoms with Crippen molar-refractivity contribution in [2.45, 2.75) is 25.7 Å². The fraction of sp³-hybridized carbons (Fsp3) is 0.238. The van der Waals surface area contributed by atoms with Crippen molar-refractivity contribution >= 4 is 40.0 Å². The first-order valence-corrected chi connectivity index (χ1v) is 9.51. The van der Waals surface area contributed by atoms with Crippen molar-refractivity contribution < 1.29 is 4.79 Å². The molecule has 1 aromatic heterocycles. The molecule has 0 aliphatic heterocycles. The van der Waals surface area contributed by atoms with E-state index in [9.17, 15) is 4.79 Å². The smallest absolute Gasteiger partial charge is 0.251 e. The quantitative estimate of drug-likeness (QED) is 0.687. The first-order valence-electron chi connectivity index (χ1n) is 8.75. The molecule has 2 aromatic carbocycles. The van der Waals surface area contributed by atoms with E-state index in [1.807, 2.05) is 42.5 Å². The van der Waals surface area contributed by atoms with Crippen molar-refractivity contribution in [3.05, 3.63) is 74.9 Å². The number of aromatic nitrogens is 1. The molecular formula is C21H18Cl2N2O. The van der Waals surface area contributed by atoms with Gasteiger partial charge in [0, 0.05) is 28.2 Å². The normalized spacial score (nSPS) is 13.0. The fourth-order valence-corrected chi connectivity index (χ4v) is 3.91. The van der Waals surface area contributed by atoms with Gasteiger partial charge in [-0.25, -0.2) is 0 Å². The third-order valence-corrected chi connectivity index (χ3v) is 5.50. The van der Waals surface area contributed by atoms with Crippen LogP contribution in [0.4, 0.5) is 0 Å². The average molecular weight is 385 g/mol. The summed E-state index contributed by atoms with van der Waals surface area (Å²) in [6.45, 7) is 0.566. The Bertz CT molecular complexity index is 983. The zero-order valence-corrected chi connectivity index (χ0v) is 15.7. The van der Waals surface area contributed by atoms with Gasteiger partial charge in [0.2, 0.25) is 0 Å². The molecule has 0 atom stereocenters. The number of halogens is 2. The highest BCUT2D eigenvalue weighted by Gasteiger charge is 2.19. The van der Waals surface area contributed by atoms with Gasteiger partial charge in [0.1, 0.15) is 0 Å². The Labute approximate surface area is 162 Å². The molecule has 132 valence electrons. The van der Waals surface area contributed by atoms with Gasteiger partial charge in [-0.15, -0.1) is 0 Å². The molecule has 5 heteroatoms. The molecule has 0 radical (unpaired) electrons. The van der Waals surface area contributed by atoms with Gasteiger partial charge in [0.15, 0.2) is 0 Å². The Morgan fingerprint density at radius 1 is 1.08 bits per heavy atom. The van der Waals surface area contributed by atoms with E-state index < -0.39 is 0 Å². The van der Waals surface area contributed by atoms with Gasteiger partial charge < -0.3 is 5.32 Å². The van der Waals surface area contributed by atoms with Crippen LogP contribution in [0.2, 0.25) is 10.0 Å². The number of carbonyl (C=O) groups is 1. The third kappa shape index (κ3) is 3.42. The largest absolute Gasteiger partial charge is 0.352 e. The number of rotatable bonds is 4. The second-order valence-electron chi connectivity index (χ2n) is 6.57. The minimum atomic E-state index is -0.0979. The summed E-state index contributed by atoms with van der Waals surface area (Å²) in [7, 11) is 0. The molecule has 1 heterocycles. The van der Waals surface area contributed by atoms with Crippen LogP contribution in [0.5, 0.6) is 0 Å². The lowest BCUT2D eigenvalue weighted by atomic mass is 10.1. The number of hydrogen-bond acceptors (Lipinski definition) is 2. The van der Waals surface area contributed by atoms with E-state index in [0.717, 1.165) is 52.9 Å². The summed E-state index contributed by atoms with van der Waals surface area (Å²) >= 11 is 12.4. The van der Waals surface area contributed by atoms with E-state index in [2.05, 4.69) is 5.32 Å². The van der Waals surface area contributed by atoms with Crippen LogP contribution in [0.1, 0.15) is 33.6 Å². The standard InChI is InChI=1S/C21H18Cl2N2O/c22-15-7-4-13(5-8-15)10-11-24-21(26)14-6-9-17-19(12-14)25-18-3-1-2-16(18)20(17)23/h4-9,12H,1-3,10-11H2,(H,24,26). The van der Waals surface area contributed by atoms with Crippen LogP contribution >= 0.6 is 23.2 Å². The Hall–Kier alpha value is -2.10. The number of benzene rings is 2. The summed E-state index contributed by atoms with van der Waals surface area (Å²) in [5.74, 6) is -0.0979. The molecule has 0 saturated heterocycles. The lowest BCUT2D eigenvalue weighted by Crippen LogP contribution is -2.25. The second-order valence-corrected chi connectivity index (χ2v) is 7.38.